The molecule has 2 aromatic carbocycles. The van der Waals surface area contributed by atoms with Crippen LogP contribution < -0.4 is 5.43 Å². The molecule has 3 aromatic rings. The van der Waals surface area contributed by atoms with Gasteiger partial charge in [-0.3, -0.25) is 9.89 Å². The van der Waals surface area contributed by atoms with E-state index >= 15 is 0 Å². The SMILES string of the molecule is CC(=NNC(=O)c1cc(-c2ccc(C)c(C)c2)n[nH]1)c1cccc(Br)c1. The lowest BCUT2D eigenvalue weighted by Crippen LogP contribution is -2.19. The van der Waals surface area contributed by atoms with Gasteiger partial charge in [-0.15, -0.1) is 0 Å². The van der Waals surface area contributed by atoms with E-state index in [2.05, 4.69) is 56.6 Å². The Morgan fingerprint density at radius 3 is 2.65 bits per heavy atom. The number of halogens is 1. The van der Waals surface area contributed by atoms with Crippen LogP contribution in [0.25, 0.3) is 11.3 Å². The number of rotatable bonds is 4. The summed E-state index contributed by atoms with van der Waals surface area (Å²) in [5.74, 6) is -0.332. The van der Waals surface area contributed by atoms with Crippen molar-refractivity contribution in [2.24, 2.45) is 5.10 Å². The minimum absolute atomic E-state index is 0.332. The number of hydrazone groups is 1. The van der Waals surface area contributed by atoms with Gasteiger partial charge >= 0.3 is 0 Å². The summed E-state index contributed by atoms with van der Waals surface area (Å²) in [7, 11) is 0. The van der Waals surface area contributed by atoms with E-state index in [1.807, 2.05) is 43.3 Å². The van der Waals surface area contributed by atoms with Gasteiger partial charge in [-0.2, -0.15) is 10.2 Å². The van der Waals surface area contributed by atoms with Gasteiger partial charge in [-0.25, -0.2) is 5.43 Å². The Labute approximate surface area is 160 Å². The fourth-order valence-corrected chi connectivity index (χ4v) is 2.86. The van der Waals surface area contributed by atoms with Crippen LogP contribution in [0.3, 0.4) is 0 Å². The van der Waals surface area contributed by atoms with E-state index in [1.165, 1.54) is 11.1 Å². The van der Waals surface area contributed by atoms with Gasteiger partial charge in [0.2, 0.25) is 0 Å². The summed E-state index contributed by atoms with van der Waals surface area (Å²) in [6.07, 6.45) is 0. The fraction of sp³-hybridized carbons (Fsp3) is 0.150. The third-order valence-electron chi connectivity index (χ3n) is 4.19. The number of hydrogen-bond acceptors (Lipinski definition) is 3. The average molecular weight is 411 g/mol. The molecule has 0 radical (unpaired) electrons. The van der Waals surface area contributed by atoms with Crippen LogP contribution in [0.2, 0.25) is 0 Å². The van der Waals surface area contributed by atoms with E-state index in [-0.39, 0.29) is 5.91 Å². The zero-order valence-electron chi connectivity index (χ0n) is 14.8. The Bertz CT molecular complexity index is 991. The van der Waals surface area contributed by atoms with Gasteiger partial charge in [0.05, 0.1) is 11.4 Å². The molecule has 0 atom stereocenters. The third-order valence-corrected chi connectivity index (χ3v) is 4.69. The highest BCUT2D eigenvalue weighted by atomic mass is 79.9. The second-order valence-corrected chi connectivity index (χ2v) is 7.03. The highest BCUT2D eigenvalue weighted by Gasteiger charge is 2.11. The predicted molar refractivity (Wildman–Crippen MR) is 107 cm³/mol. The van der Waals surface area contributed by atoms with Crippen molar-refractivity contribution >= 4 is 27.5 Å². The van der Waals surface area contributed by atoms with Crippen LogP contribution in [-0.2, 0) is 0 Å². The first-order valence-electron chi connectivity index (χ1n) is 8.17. The topological polar surface area (TPSA) is 70.1 Å². The van der Waals surface area contributed by atoms with Crippen LogP contribution in [0.4, 0.5) is 0 Å². The minimum Gasteiger partial charge on any atom is -0.272 e. The molecule has 1 amide bonds. The first-order chi connectivity index (χ1) is 12.4. The lowest BCUT2D eigenvalue weighted by molar-refractivity contribution is 0.0950. The number of carbonyl (C=O) groups is 1. The summed E-state index contributed by atoms with van der Waals surface area (Å²) in [4.78, 5) is 12.3. The summed E-state index contributed by atoms with van der Waals surface area (Å²) in [6.45, 7) is 5.96. The number of carbonyl (C=O) groups excluding carboxylic acids is 1. The Morgan fingerprint density at radius 2 is 1.92 bits per heavy atom. The number of H-pyrrole nitrogens is 1. The molecule has 0 aliphatic heterocycles. The largest absolute Gasteiger partial charge is 0.289 e. The first kappa shape index (κ1) is 18.1. The van der Waals surface area contributed by atoms with Crippen LogP contribution in [-0.4, -0.2) is 21.8 Å². The molecule has 26 heavy (non-hydrogen) atoms. The molecule has 0 spiro atoms. The molecule has 0 bridgehead atoms. The molecule has 132 valence electrons. The van der Waals surface area contributed by atoms with E-state index < -0.39 is 0 Å². The van der Waals surface area contributed by atoms with E-state index in [0.717, 1.165) is 21.3 Å². The number of benzene rings is 2. The van der Waals surface area contributed by atoms with Crippen molar-refractivity contribution in [2.75, 3.05) is 0 Å². The molecule has 1 heterocycles. The molecule has 0 saturated heterocycles. The van der Waals surface area contributed by atoms with Crippen molar-refractivity contribution in [1.82, 2.24) is 15.6 Å². The highest BCUT2D eigenvalue weighted by Crippen LogP contribution is 2.21. The Kier molecular flexibility index (Phi) is 5.32. The van der Waals surface area contributed by atoms with E-state index in [1.54, 1.807) is 6.07 Å². The van der Waals surface area contributed by atoms with Gasteiger partial charge in [0.25, 0.3) is 5.91 Å². The number of amides is 1. The maximum atomic E-state index is 12.3. The summed E-state index contributed by atoms with van der Waals surface area (Å²) < 4.78 is 0.961. The average Bonchev–Trinajstić information content (AvgIpc) is 3.12. The number of aromatic amines is 1. The fourth-order valence-electron chi connectivity index (χ4n) is 2.46. The zero-order valence-corrected chi connectivity index (χ0v) is 16.4. The number of aromatic nitrogens is 2. The highest BCUT2D eigenvalue weighted by molar-refractivity contribution is 9.10. The number of aryl methyl sites for hydroxylation is 2. The van der Waals surface area contributed by atoms with E-state index in [0.29, 0.717) is 11.4 Å². The van der Waals surface area contributed by atoms with Crippen LogP contribution in [0.1, 0.15) is 34.1 Å². The molecule has 0 saturated carbocycles. The molecule has 2 N–H and O–H groups in total. The van der Waals surface area contributed by atoms with Crippen molar-refractivity contribution in [3.63, 3.8) is 0 Å². The molecular weight excluding hydrogens is 392 g/mol. The summed E-state index contributed by atoms with van der Waals surface area (Å²) in [5.41, 5.74) is 8.68. The Balaban J connectivity index is 1.74. The second kappa shape index (κ2) is 7.66. The summed E-state index contributed by atoms with van der Waals surface area (Å²) >= 11 is 3.43. The third kappa shape index (κ3) is 4.08. The molecule has 0 fully saturated rings. The van der Waals surface area contributed by atoms with Crippen molar-refractivity contribution in [2.45, 2.75) is 20.8 Å². The zero-order chi connectivity index (χ0) is 18.7. The van der Waals surface area contributed by atoms with Gasteiger partial charge in [0.1, 0.15) is 5.69 Å². The number of nitrogens with one attached hydrogen (secondary N) is 2. The molecule has 3 rings (SSSR count). The molecular formula is C20H19BrN4O. The van der Waals surface area contributed by atoms with E-state index in [9.17, 15) is 4.79 Å². The van der Waals surface area contributed by atoms with Crippen molar-refractivity contribution in [3.05, 3.63) is 75.4 Å². The number of hydrogen-bond donors (Lipinski definition) is 2. The second-order valence-electron chi connectivity index (χ2n) is 6.11. The van der Waals surface area contributed by atoms with Crippen LogP contribution in [0.15, 0.2) is 58.1 Å². The molecule has 1 aromatic heterocycles. The van der Waals surface area contributed by atoms with Crippen LogP contribution in [0.5, 0.6) is 0 Å². The molecule has 6 heteroatoms. The van der Waals surface area contributed by atoms with Gasteiger partial charge in [0.15, 0.2) is 0 Å². The standard InChI is InChI=1S/C20H19BrN4O/c1-12-7-8-16(9-13(12)2)18-11-19(24-23-18)20(26)25-22-14(3)15-5-4-6-17(21)10-15/h4-11H,1-3H3,(H,23,24)(H,25,26). The Morgan fingerprint density at radius 1 is 1.12 bits per heavy atom. The van der Waals surface area contributed by atoms with Crippen LogP contribution in [0, 0.1) is 13.8 Å². The quantitative estimate of drug-likeness (QED) is 0.486. The smallest absolute Gasteiger partial charge is 0.272 e. The molecule has 0 aliphatic carbocycles. The lowest BCUT2D eigenvalue weighted by atomic mass is 10.0. The van der Waals surface area contributed by atoms with Gasteiger partial charge in [0, 0.05) is 10.0 Å². The lowest BCUT2D eigenvalue weighted by Gasteiger charge is -2.02. The van der Waals surface area contributed by atoms with Gasteiger partial charge in [-0.1, -0.05) is 40.2 Å². The normalized spacial score (nSPS) is 11.5. The first-order valence-corrected chi connectivity index (χ1v) is 8.97. The molecule has 5 nitrogen and oxygen atoms in total. The summed E-state index contributed by atoms with van der Waals surface area (Å²) in [6, 6.07) is 15.6. The van der Waals surface area contributed by atoms with Crippen molar-refractivity contribution < 1.29 is 4.79 Å². The van der Waals surface area contributed by atoms with Crippen molar-refractivity contribution in [3.8, 4) is 11.3 Å². The minimum atomic E-state index is -0.332. The maximum absolute atomic E-state index is 12.3. The van der Waals surface area contributed by atoms with Crippen molar-refractivity contribution in [1.29, 1.82) is 0 Å². The van der Waals surface area contributed by atoms with Gasteiger partial charge < -0.3 is 0 Å². The van der Waals surface area contributed by atoms with E-state index in [4.69, 9.17) is 0 Å². The predicted octanol–water partition coefficient (Wildman–Crippen LogP) is 4.61. The monoisotopic (exact) mass is 410 g/mol. The molecule has 0 unspecified atom stereocenters. The van der Waals surface area contributed by atoms with Crippen LogP contribution >= 0.6 is 15.9 Å². The van der Waals surface area contributed by atoms with Gasteiger partial charge in [-0.05, 0) is 61.7 Å². The maximum Gasteiger partial charge on any atom is 0.289 e. The summed E-state index contributed by atoms with van der Waals surface area (Å²) in [5, 5.41) is 11.2. The Hall–Kier alpha value is -2.73. The number of nitrogens with zero attached hydrogens (tertiary/aromatic N) is 2. The molecule has 0 aliphatic rings.